The largest absolute Gasteiger partial charge is 0.446 e. The maximum Gasteiger partial charge on any atom is 0.407 e. The van der Waals surface area contributed by atoms with Gasteiger partial charge in [0, 0.05) is 29.3 Å². The average Bonchev–Trinajstić information content (AvgIpc) is 3.10. The Morgan fingerprint density at radius 2 is 2.26 bits per heavy atom. The molecule has 2 fully saturated rings. The van der Waals surface area contributed by atoms with Crippen molar-refractivity contribution in [2.45, 2.75) is 63.0 Å². The third-order valence-electron chi connectivity index (χ3n) is 5.19. The van der Waals surface area contributed by atoms with Crippen molar-refractivity contribution in [2.24, 2.45) is 0 Å². The van der Waals surface area contributed by atoms with Crippen molar-refractivity contribution in [3.63, 3.8) is 0 Å². The van der Waals surface area contributed by atoms with E-state index in [-0.39, 0.29) is 36.0 Å². The molecule has 0 spiro atoms. The summed E-state index contributed by atoms with van der Waals surface area (Å²) >= 11 is 0. The number of aromatic amines is 1. The number of nitrogens with zero attached hydrogens (tertiary/aromatic N) is 2. The van der Waals surface area contributed by atoms with E-state index in [4.69, 9.17) is 9.26 Å². The van der Waals surface area contributed by atoms with Crippen molar-refractivity contribution in [3.8, 4) is 0 Å². The number of alkyl carbamates (subject to hydrolysis) is 1. The van der Waals surface area contributed by atoms with E-state index in [1.807, 2.05) is 13.0 Å². The molecular weight excluding hydrogens is 350 g/mol. The molecule has 2 aliphatic carbocycles. The van der Waals surface area contributed by atoms with E-state index >= 15 is 0 Å². The van der Waals surface area contributed by atoms with Gasteiger partial charge in [-0.2, -0.15) is 5.10 Å². The van der Waals surface area contributed by atoms with Crippen LogP contribution in [-0.4, -0.2) is 39.0 Å². The number of ether oxygens (including phenoxy) is 1. The zero-order chi connectivity index (χ0) is 18.9. The van der Waals surface area contributed by atoms with Gasteiger partial charge < -0.3 is 19.9 Å². The SMILES string of the molecule is CC1(NC(=O)OC2CCC(c3cc(NC(=O)Cc4ccno4)n[nH]3)C2)CC1. The first-order valence-corrected chi connectivity index (χ1v) is 9.23. The quantitative estimate of drug-likeness (QED) is 0.715. The third-order valence-corrected chi connectivity index (χ3v) is 5.19. The summed E-state index contributed by atoms with van der Waals surface area (Å²) in [5.41, 5.74) is 0.864. The minimum atomic E-state index is -0.328. The van der Waals surface area contributed by atoms with E-state index in [1.165, 1.54) is 6.20 Å². The first kappa shape index (κ1) is 17.6. The molecule has 9 heteroatoms. The summed E-state index contributed by atoms with van der Waals surface area (Å²) < 4.78 is 10.5. The molecule has 4 rings (SSSR count). The maximum absolute atomic E-state index is 12.0. The summed E-state index contributed by atoms with van der Waals surface area (Å²) in [5.74, 6) is 0.977. The van der Waals surface area contributed by atoms with Crippen molar-refractivity contribution in [3.05, 3.63) is 29.8 Å². The minimum absolute atomic E-state index is 0.0721. The van der Waals surface area contributed by atoms with Crippen LogP contribution in [0.3, 0.4) is 0 Å². The molecule has 27 heavy (non-hydrogen) atoms. The van der Waals surface area contributed by atoms with Crippen LogP contribution in [0.15, 0.2) is 22.9 Å². The highest BCUT2D eigenvalue weighted by atomic mass is 16.6. The van der Waals surface area contributed by atoms with Gasteiger partial charge in [0.25, 0.3) is 0 Å². The number of aromatic nitrogens is 3. The van der Waals surface area contributed by atoms with Crippen LogP contribution >= 0.6 is 0 Å². The number of anilines is 1. The first-order chi connectivity index (χ1) is 13.0. The molecule has 2 aromatic rings. The summed E-state index contributed by atoms with van der Waals surface area (Å²) in [5, 5.41) is 16.3. The van der Waals surface area contributed by atoms with Crippen LogP contribution < -0.4 is 10.6 Å². The van der Waals surface area contributed by atoms with Crippen molar-refractivity contribution < 1.29 is 18.8 Å². The highest BCUT2D eigenvalue weighted by Gasteiger charge is 2.40. The Morgan fingerprint density at radius 1 is 1.41 bits per heavy atom. The summed E-state index contributed by atoms with van der Waals surface area (Å²) in [4.78, 5) is 23.9. The van der Waals surface area contributed by atoms with Crippen LogP contribution in [0.4, 0.5) is 10.6 Å². The molecular formula is C18H23N5O4. The molecule has 2 heterocycles. The predicted molar refractivity (Wildman–Crippen MR) is 95.1 cm³/mol. The maximum atomic E-state index is 12.0. The fourth-order valence-electron chi connectivity index (χ4n) is 3.36. The molecule has 2 amide bonds. The van der Waals surface area contributed by atoms with Gasteiger partial charge >= 0.3 is 6.09 Å². The molecule has 144 valence electrons. The Kier molecular flexibility index (Phi) is 4.59. The van der Waals surface area contributed by atoms with Gasteiger partial charge in [-0.1, -0.05) is 5.16 Å². The lowest BCUT2D eigenvalue weighted by atomic mass is 10.0. The van der Waals surface area contributed by atoms with E-state index in [9.17, 15) is 9.59 Å². The Bertz CT molecular complexity index is 812. The highest BCUT2D eigenvalue weighted by Crippen LogP contribution is 2.37. The van der Waals surface area contributed by atoms with Gasteiger partial charge in [-0.25, -0.2) is 4.79 Å². The molecule has 0 bridgehead atoms. The van der Waals surface area contributed by atoms with E-state index in [1.54, 1.807) is 6.07 Å². The number of hydrogen-bond donors (Lipinski definition) is 3. The summed E-state index contributed by atoms with van der Waals surface area (Å²) in [6.45, 7) is 2.02. The van der Waals surface area contributed by atoms with Crippen LogP contribution in [0.1, 0.15) is 56.4 Å². The summed E-state index contributed by atoms with van der Waals surface area (Å²) in [7, 11) is 0. The first-order valence-electron chi connectivity index (χ1n) is 9.23. The molecule has 2 aliphatic rings. The van der Waals surface area contributed by atoms with Gasteiger partial charge in [0.1, 0.15) is 11.9 Å². The van der Waals surface area contributed by atoms with Gasteiger partial charge in [0.05, 0.1) is 12.6 Å². The standard InChI is InChI=1S/C18H23N5O4/c1-18(5-6-18)21-17(25)26-12-3-2-11(8-12)14-10-15(23-22-14)20-16(24)9-13-4-7-19-27-13/h4,7,10-12H,2-3,5-6,8-9H2,1H3,(H,21,25)(H2,20,22,23,24). The molecule has 0 radical (unpaired) electrons. The second-order valence-electron chi connectivity index (χ2n) is 7.64. The smallest absolute Gasteiger partial charge is 0.407 e. The second kappa shape index (κ2) is 7.05. The number of H-pyrrole nitrogens is 1. The van der Waals surface area contributed by atoms with Crippen LogP contribution in [0.25, 0.3) is 0 Å². The Labute approximate surface area is 156 Å². The normalized spacial score (nSPS) is 23.0. The molecule has 2 saturated carbocycles. The molecule has 2 atom stereocenters. The lowest BCUT2D eigenvalue weighted by molar-refractivity contribution is -0.115. The fraction of sp³-hybridized carbons (Fsp3) is 0.556. The zero-order valence-electron chi connectivity index (χ0n) is 15.2. The van der Waals surface area contributed by atoms with Crippen molar-refractivity contribution in [1.82, 2.24) is 20.7 Å². The van der Waals surface area contributed by atoms with Crippen LogP contribution in [0.5, 0.6) is 0 Å². The molecule has 9 nitrogen and oxygen atoms in total. The fourth-order valence-corrected chi connectivity index (χ4v) is 3.36. The zero-order valence-corrected chi connectivity index (χ0v) is 15.2. The number of carbonyl (C=O) groups excluding carboxylic acids is 2. The molecule has 3 N–H and O–H groups in total. The Morgan fingerprint density at radius 3 is 3.00 bits per heavy atom. The van der Waals surface area contributed by atoms with Gasteiger partial charge in [0.2, 0.25) is 5.91 Å². The van der Waals surface area contributed by atoms with E-state index in [0.717, 1.165) is 37.8 Å². The van der Waals surface area contributed by atoms with E-state index < -0.39 is 0 Å². The van der Waals surface area contributed by atoms with Crippen molar-refractivity contribution in [2.75, 3.05) is 5.32 Å². The van der Waals surface area contributed by atoms with Crippen molar-refractivity contribution in [1.29, 1.82) is 0 Å². The number of rotatable bonds is 6. The van der Waals surface area contributed by atoms with E-state index in [0.29, 0.717) is 11.6 Å². The lowest BCUT2D eigenvalue weighted by Gasteiger charge is -2.16. The van der Waals surface area contributed by atoms with Gasteiger partial charge in [0.15, 0.2) is 5.82 Å². The Balaban J connectivity index is 1.26. The average molecular weight is 373 g/mol. The lowest BCUT2D eigenvalue weighted by Crippen LogP contribution is -2.36. The van der Waals surface area contributed by atoms with E-state index in [2.05, 4.69) is 26.0 Å². The second-order valence-corrected chi connectivity index (χ2v) is 7.64. The topological polar surface area (TPSA) is 122 Å². The Hall–Kier alpha value is -2.84. The number of hydrogen-bond acceptors (Lipinski definition) is 6. The molecule has 2 unspecified atom stereocenters. The van der Waals surface area contributed by atoms with Gasteiger partial charge in [-0.3, -0.25) is 9.89 Å². The minimum Gasteiger partial charge on any atom is -0.446 e. The van der Waals surface area contributed by atoms with Gasteiger partial charge in [-0.05, 0) is 39.0 Å². The molecule has 0 aromatic carbocycles. The summed E-state index contributed by atoms with van der Waals surface area (Å²) in [6.07, 6.45) is 5.68. The monoisotopic (exact) mass is 373 g/mol. The van der Waals surface area contributed by atoms with Crippen LogP contribution in [0, 0.1) is 0 Å². The van der Waals surface area contributed by atoms with Crippen molar-refractivity contribution >= 4 is 17.8 Å². The molecule has 0 saturated heterocycles. The highest BCUT2D eigenvalue weighted by molar-refractivity contribution is 5.91. The predicted octanol–water partition coefficient (Wildman–Crippen LogP) is 2.49. The molecule has 2 aromatic heterocycles. The number of nitrogens with one attached hydrogen (secondary N) is 3. The number of amides is 2. The van der Waals surface area contributed by atoms with Gasteiger partial charge in [-0.15, -0.1) is 0 Å². The van der Waals surface area contributed by atoms with Crippen LogP contribution in [0.2, 0.25) is 0 Å². The molecule has 0 aliphatic heterocycles. The van der Waals surface area contributed by atoms with Crippen LogP contribution in [-0.2, 0) is 16.0 Å². The third kappa shape index (κ3) is 4.47. The number of carbonyl (C=O) groups is 2. The summed E-state index contributed by atoms with van der Waals surface area (Å²) in [6, 6.07) is 3.48.